The van der Waals surface area contributed by atoms with Gasteiger partial charge < -0.3 is 19.7 Å². The first kappa shape index (κ1) is 22.6. The number of hydrogen-bond acceptors (Lipinski definition) is 6. The third-order valence-electron chi connectivity index (χ3n) is 4.11. The number of thiocarbonyl (C=S) groups is 1. The zero-order valence-electron chi connectivity index (χ0n) is 16.9. The maximum absolute atomic E-state index is 12.6. The summed E-state index contributed by atoms with van der Waals surface area (Å²) in [5.74, 6) is -0.644. The number of nitrogens with one attached hydrogen (secondary N) is 2. The van der Waals surface area contributed by atoms with Crippen molar-refractivity contribution in [2.75, 3.05) is 19.7 Å². The Balaban J connectivity index is 2.05. The van der Waals surface area contributed by atoms with Crippen molar-refractivity contribution >= 4 is 35.1 Å². The van der Waals surface area contributed by atoms with Crippen molar-refractivity contribution in [1.82, 2.24) is 15.5 Å². The van der Waals surface area contributed by atoms with E-state index in [0.29, 0.717) is 31.0 Å². The Morgan fingerprint density at radius 3 is 2.83 bits per heavy atom. The van der Waals surface area contributed by atoms with Crippen molar-refractivity contribution in [3.05, 3.63) is 29.8 Å². The third kappa shape index (κ3) is 6.70. The number of carbonyl (C=O) groups is 3. The molecule has 1 aliphatic rings. The predicted molar refractivity (Wildman–Crippen MR) is 112 cm³/mol. The summed E-state index contributed by atoms with van der Waals surface area (Å²) >= 11 is 5.35. The first-order chi connectivity index (χ1) is 13.8. The minimum Gasteiger partial charge on any atom is -0.494 e. The van der Waals surface area contributed by atoms with Crippen molar-refractivity contribution in [1.29, 1.82) is 0 Å². The fourth-order valence-electron chi connectivity index (χ4n) is 2.82. The van der Waals surface area contributed by atoms with Gasteiger partial charge in [0.25, 0.3) is 5.91 Å². The maximum Gasteiger partial charge on any atom is 0.308 e. The number of piperazine rings is 1. The molecule has 1 aromatic rings. The maximum atomic E-state index is 12.6. The smallest absolute Gasteiger partial charge is 0.308 e. The van der Waals surface area contributed by atoms with E-state index in [1.54, 1.807) is 43.0 Å². The fraction of sp³-hybridized carbons (Fsp3) is 0.500. The molecule has 1 aliphatic heterocycles. The molecule has 1 atom stereocenters. The van der Waals surface area contributed by atoms with Crippen LogP contribution in [0.4, 0.5) is 0 Å². The van der Waals surface area contributed by atoms with E-state index in [4.69, 9.17) is 21.7 Å². The van der Waals surface area contributed by atoms with Crippen molar-refractivity contribution in [2.45, 2.75) is 45.8 Å². The molecule has 8 nitrogen and oxygen atoms in total. The molecular weight excluding hydrogens is 394 g/mol. The molecule has 1 fully saturated rings. The van der Waals surface area contributed by atoms with Gasteiger partial charge >= 0.3 is 5.97 Å². The first-order valence-corrected chi connectivity index (χ1v) is 10.0. The first-order valence-electron chi connectivity index (χ1n) is 9.63. The van der Waals surface area contributed by atoms with E-state index >= 15 is 0 Å². The van der Waals surface area contributed by atoms with Crippen molar-refractivity contribution in [3.63, 3.8) is 0 Å². The largest absolute Gasteiger partial charge is 0.494 e. The van der Waals surface area contributed by atoms with Gasteiger partial charge in [-0.15, -0.1) is 0 Å². The molecule has 0 aromatic heterocycles. The highest BCUT2D eigenvalue weighted by atomic mass is 32.1. The van der Waals surface area contributed by atoms with Gasteiger partial charge in [-0.2, -0.15) is 0 Å². The Morgan fingerprint density at radius 1 is 1.38 bits per heavy atom. The molecule has 0 radical (unpaired) electrons. The van der Waals surface area contributed by atoms with Gasteiger partial charge in [-0.3, -0.25) is 19.7 Å². The topological polar surface area (TPSA) is 97.0 Å². The number of ether oxygens (including phenoxy) is 2. The summed E-state index contributed by atoms with van der Waals surface area (Å²) in [5.41, 5.74) is 0.387. The van der Waals surface area contributed by atoms with Crippen LogP contribution in [0.25, 0.3) is 0 Å². The van der Waals surface area contributed by atoms with E-state index in [1.165, 1.54) is 0 Å². The lowest BCUT2D eigenvalue weighted by Gasteiger charge is -2.36. The molecule has 1 saturated heterocycles. The highest BCUT2D eigenvalue weighted by Gasteiger charge is 2.34. The summed E-state index contributed by atoms with van der Waals surface area (Å²) in [6.45, 7) is 6.77. The Labute approximate surface area is 175 Å². The zero-order valence-corrected chi connectivity index (χ0v) is 17.7. The van der Waals surface area contributed by atoms with Crippen LogP contribution in [0, 0.1) is 0 Å². The molecule has 2 N–H and O–H groups in total. The normalized spacial score (nSPS) is 16.2. The zero-order chi connectivity index (χ0) is 21.4. The monoisotopic (exact) mass is 421 g/mol. The Kier molecular flexibility index (Phi) is 8.38. The molecule has 1 aromatic carbocycles. The molecular formula is C20H27N3O5S. The Hall–Kier alpha value is -2.68. The molecule has 2 amide bonds. The molecule has 158 valence electrons. The molecule has 9 heteroatoms. The summed E-state index contributed by atoms with van der Waals surface area (Å²) in [4.78, 5) is 38.5. The number of nitrogens with zero attached hydrogens (tertiary/aromatic N) is 1. The molecule has 0 aliphatic carbocycles. The van der Waals surface area contributed by atoms with Gasteiger partial charge in [0.15, 0.2) is 5.11 Å². The van der Waals surface area contributed by atoms with Crippen LogP contribution in [-0.4, -0.2) is 59.6 Å². The molecule has 0 spiro atoms. The molecule has 0 bridgehead atoms. The Bertz CT molecular complexity index is 768. The molecule has 29 heavy (non-hydrogen) atoms. The van der Waals surface area contributed by atoms with E-state index in [-0.39, 0.29) is 23.5 Å². The van der Waals surface area contributed by atoms with Crippen molar-refractivity contribution in [3.8, 4) is 5.75 Å². The summed E-state index contributed by atoms with van der Waals surface area (Å²) in [6.07, 6.45) is 0.426. The van der Waals surface area contributed by atoms with Crippen molar-refractivity contribution < 1.29 is 23.9 Å². The van der Waals surface area contributed by atoms with Crippen LogP contribution in [0.3, 0.4) is 0 Å². The molecule has 0 saturated carbocycles. The fourth-order valence-corrected chi connectivity index (χ4v) is 3.13. The van der Waals surface area contributed by atoms with E-state index < -0.39 is 17.9 Å². The van der Waals surface area contributed by atoms with Crippen LogP contribution in [0.15, 0.2) is 24.3 Å². The second-order valence-electron chi connectivity index (χ2n) is 6.88. The lowest BCUT2D eigenvalue weighted by molar-refractivity contribution is -0.150. The lowest BCUT2D eigenvalue weighted by atomic mass is 10.1. The van der Waals surface area contributed by atoms with E-state index in [0.717, 1.165) is 6.42 Å². The number of benzene rings is 1. The SMILES string of the molecule is CCCOc1cccc(C(=O)NC(=S)N2CCNC(=O)C2CC(=O)OC(C)C)c1. The molecule has 2 rings (SSSR count). The average molecular weight is 422 g/mol. The van der Waals surface area contributed by atoms with Crippen LogP contribution >= 0.6 is 12.2 Å². The standard InChI is InChI=1S/C20H27N3O5S/c1-4-10-27-15-7-5-6-14(11-15)18(25)22-20(29)23-9-8-21-19(26)16(23)12-17(24)28-13(2)3/h5-7,11,13,16H,4,8-10,12H2,1-3H3,(H,21,26)(H,22,25,29). The minimum absolute atomic E-state index is 0.0899. The average Bonchev–Trinajstić information content (AvgIpc) is 2.67. The van der Waals surface area contributed by atoms with Gasteiger partial charge in [0.05, 0.1) is 19.1 Å². The van der Waals surface area contributed by atoms with Crippen LogP contribution in [0.5, 0.6) is 5.75 Å². The van der Waals surface area contributed by atoms with E-state index in [9.17, 15) is 14.4 Å². The summed E-state index contributed by atoms with van der Waals surface area (Å²) in [6, 6.07) is 5.95. The van der Waals surface area contributed by atoms with Gasteiger partial charge in [-0.25, -0.2) is 0 Å². The quantitative estimate of drug-likeness (QED) is 0.510. The predicted octanol–water partition coefficient (Wildman–Crippen LogP) is 1.63. The third-order valence-corrected chi connectivity index (χ3v) is 4.44. The summed E-state index contributed by atoms with van der Waals surface area (Å²) < 4.78 is 10.7. The molecule has 1 unspecified atom stereocenters. The van der Waals surface area contributed by atoms with Crippen LogP contribution in [0.2, 0.25) is 0 Å². The van der Waals surface area contributed by atoms with E-state index in [1.807, 2.05) is 6.92 Å². The van der Waals surface area contributed by atoms with Crippen LogP contribution < -0.4 is 15.4 Å². The van der Waals surface area contributed by atoms with Crippen LogP contribution in [-0.2, 0) is 14.3 Å². The second-order valence-corrected chi connectivity index (χ2v) is 7.27. The van der Waals surface area contributed by atoms with Crippen molar-refractivity contribution in [2.24, 2.45) is 0 Å². The number of esters is 1. The number of rotatable bonds is 7. The van der Waals surface area contributed by atoms with E-state index in [2.05, 4.69) is 10.6 Å². The highest BCUT2D eigenvalue weighted by Crippen LogP contribution is 2.15. The second kappa shape index (κ2) is 10.8. The van der Waals surface area contributed by atoms with Gasteiger partial charge in [0.1, 0.15) is 11.8 Å². The number of hydrogen-bond donors (Lipinski definition) is 2. The number of amides is 2. The number of carbonyl (C=O) groups excluding carboxylic acids is 3. The van der Waals surface area contributed by atoms with Gasteiger partial charge in [-0.05, 0) is 50.7 Å². The summed E-state index contributed by atoms with van der Waals surface area (Å²) in [7, 11) is 0. The minimum atomic E-state index is -0.831. The summed E-state index contributed by atoms with van der Waals surface area (Å²) in [5, 5.41) is 5.44. The lowest BCUT2D eigenvalue weighted by Crippen LogP contribution is -2.60. The van der Waals surface area contributed by atoms with Gasteiger partial charge in [0, 0.05) is 18.7 Å². The van der Waals surface area contributed by atoms with Gasteiger partial charge in [0.2, 0.25) is 5.91 Å². The highest BCUT2D eigenvalue weighted by molar-refractivity contribution is 7.80. The molecule has 1 heterocycles. The van der Waals surface area contributed by atoms with Gasteiger partial charge in [-0.1, -0.05) is 13.0 Å². The Morgan fingerprint density at radius 2 is 2.14 bits per heavy atom. The van der Waals surface area contributed by atoms with Crippen LogP contribution in [0.1, 0.15) is 44.0 Å².